The van der Waals surface area contributed by atoms with E-state index in [2.05, 4.69) is 12.6 Å². The fourth-order valence-corrected chi connectivity index (χ4v) is 2.06. The quantitative estimate of drug-likeness (QED) is 0.551. The van der Waals surface area contributed by atoms with Crippen LogP contribution in [-0.4, -0.2) is 19.0 Å². The Hall–Kier alpha value is -1.59. The molecule has 2 nitrogen and oxygen atoms in total. The second kappa shape index (κ2) is 6.22. The molecule has 0 spiro atoms. The van der Waals surface area contributed by atoms with Crippen molar-refractivity contribution in [3.05, 3.63) is 48.6 Å². The van der Waals surface area contributed by atoms with E-state index in [1.807, 2.05) is 55.4 Å². The zero-order chi connectivity index (χ0) is 12.7. The Balaban J connectivity index is 3.02. The maximum atomic E-state index is 9.58. The maximum Gasteiger partial charge on any atom is 0.134 e. The van der Waals surface area contributed by atoms with E-state index in [1.165, 1.54) is 0 Å². The first-order valence-corrected chi connectivity index (χ1v) is 5.92. The Morgan fingerprint density at radius 3 is 2.47 bits per heavy atom. The summed E-state index contributed by atoms with van der Waals surface area (Å²) in [5, 5.41) is 9.58. The number of rotatable bonds is 6. The summed E-state index contributed by atoms with van der Waals surface area (Å²) in [6.07, 6.45) is 4.66. The van der Waals surface area contributed by atoms with Crippen molar-refractivity contribution in [3.63, 3.8) is 0 Å². The summed E-state index contributed by atoms with van der Waals surface area (Å²) in [4.78, 5) is 2.01. The molecule has 0 aliphatic heterocycles. The SMILES string of the molecule is C=CCCCC(C#N)(c1ccccc1)N(C)C. The van der Waals surface area contributed by atoms with E-state index in [0.29, 0.717) is 0 Å². The van der Waals surface area contributed by atoms with E-state index in [4.69, 9.17) is 0 Å². The summed E-state index contributed by atoms with van der Waals surface area (Å²) in [7, 11) is 3.92. The number of nitrogens with zero attached hydrogens (tertiary/aromatic N) is 2. The van der Waals surface area contributed by atoms with Crippen LogP contribution < -0.4 is 0 Å². The molecule has 17 heavy (non-hydrogen) atoms. The monoisotopic (exact) mass is 228 g/mol. The van der Waals surface area contributed by atoms with Gasteiger partial charge in [-0.1, -0.05) is 36.4 Å². The number of hydrogen-bond acceptors (Lipinski definition) is 2. The van der Waals surface area contributed by atoms with E-state index < -0.39 is 5.54 Å². The van der Waals surface area contributed by atoms with Crippen LogP contribution in [0.1, 0.15) is 24.8 Å². The largest absolute Gasteiger partial charge is 0.288 e. The van der Waals surface area contributed by atoms with Crippen molar-refractivity contribution in [2.45, 2.75) is 24.8 Å². The van der Waals surface area contributed by atoms with Crippen LogP contribution in [0, 0.1) is 11.3 Å². The zero-order valence-corrected chi connectivity index (χ0v) is 10.7. The summed E-state index contributed by atoms with van der Waals surface area (Å²) < 4.78 is 0. The lowest BCUT2D eigenvalue weighted by Gasteiger charge is -2.34. The molecule has 1 aromatic carbocycles. The predicted octanol–water partition coefficient (Wildman–Crippen LogP) is 3.32. The van der Waals surface area contributed by atoms with Gasteiger partial charge in [0.15, 0.2) is 0 Å². The van der Waals surface area contributed by atoms with Crippen molar-refractivity contribution in [1.29, 1.82) is 5.26 Å². The predicted molar refractivity (Wildman–Crippen MR) is 71.5 cm³/mol. The first-order valence-electron chi connectivity index (χ1n) is 5.92. The zero-order valence-electron chi connectivity index (χ0n) is 10.7. The van der Waals surface area contributed by atoms with E-state index in [0.717, 1.165) is 24.8 Å². The molecule has 1 unspecified atom stereocenters. The number of hydrogen-bond donors (Lipinski definition) is 0. The third-order valence-corrected chi connectivity index (χ3v) is 3.15. The normalized spacial score (nSPS) is 14.0. The Labute approximate surface area is 104 Å². The lowest BCUT2D eigenvalue weighted by Crippen LogP contribution is -2.40. The molecule has 2 heteroatoms. The minimum Gasteiger partial charge on any atom is -0.288 e. The Kier molecular flexibility index (Phi) is 4.93. The minimum absolute atomic E-state index is 0.524. The molecule has 0 N–H and O–H groups in total. The molecule has 0 fully saturated rings. The van der Waals surface area contributed by atoms with Crippen LogP contribution in [-0.2, 0) is 5.54 Å². The van der Waals surface area contributed by atoms with Crippen molar-refractivity contribution in [1.82, 2.24) is 4.90 Å². The molecule has 0 heterocycles. The highest BCUT2D eigenvalue weighted by molar-refractivity contribution is 5.31. The third-order valence-electron chi connectivity index (χ3n) is 3.15. The van der Waals surface area contributed by atoms with Crippen LogP contribution >= 0.6 is 0 Å². The maximum absolute atomic E-state index is 9.58. The Bertz CT molecular complexity index is 389. The van der Waals surface area contributed by atoms with Gasteiger partial charge in [0.2, 0.25) is 0 Å². The molecule has 0 saturated carbocycles. The number of benzene rings is 1. The van der Waals surface area contributed by atoms with Gasteiger partial charge in [-0.3, -0.25) is 4.90 Å². The molecule has 0 aromatic heterocycles. The highest BCUT2D eigenvalue weighted by Gasteiger charge is 2.33. The van der Waals surface area contributed by atoms with Gasteiger partial charge in [-0.05, 0) is 38.9 Å². The summed E-state index contributed by atoms with van der Waals surface area (Å²) >= 11 is 0. The van der Waals surface area contributed by atoms with Crippen molar-refractivity contribution < 1.29 is 0 Å². The number of unbranched alkanes of at least 4 members (excludes halogenated alkanes) is 1. The molecule has 0 radical (unpaired) electrons. The fraction of sp³-hybridized carbons (Fsp3) is 0.400. The van der Waals surface area contributed by atoms with Crippen molar-refractivity contribution in [2.24, 2.45) is 0 Å². The lowest BCUT2D eigenvalue weighted by molar-refractivity contribution is 0.200. The summed E-state index contributed by atoms with van der Waals surface area (Å²) in [5.74, 6) is 0. The molecule has 0 aliphatic carbocycles. The Morgan fingerprint density at radius 2 is 2.00 bits per heavy atom. The molecule has 0 saturated heterocycles. The average Bonchev–Trinajstić information content (AvgIpc) is 2.36. The van der Waals surface area contributed by atoms with Crippen LogP contribution in [0.2, 0.25) is 0 Å². The summed E-state index contributed by atoms with van der Waals surface area (Å²) in [5.41, 5.74) is 0.543. The average molecular weight is 228 g/mol. The van der Waals surface area contributed by atoms with E-state index >= 15 is 0 Å². The molecule has 0 amide bonds. The second-order valence-electron chi connectivity index (χ2n) is 4.41. The molecule has 0 aliphatic rings. The van der Waals surface area contributed by atoms with Gasteiger partial charge in [0, 0.05) is 0 Å². The van der Waals surface area contributed by atoms with Gasteiger partial charge in [-0.25, -0.2) is 0 Å². The molecule has 0 bridgehead atoms. The van der Waals surface area contributed by atoms with Gasteiger partial charge in [0.1, 0.15) is 5.54 Å². The van der Waals surface area contributed by atoms with Gasteiger partial charge in [-0.2, -0.15) is 5.26 Å². The van der Waals surface area contributed by atoms with E-state index in [9.17, 15) is 5.26 Å². The molecular formula is C15H20N2. The van der Waals surface area contributed by atoms with Crippen LogP contribution in [0.15, 0.2) is 43.0 Å². The minimum atomic E-state index is -0.524. The number of allylic oxidation sites excluding steroid dienone is 1. The standard InChI is InChI=1S/C15H20N2/c1-4-5-9-12-15(13-16,17(2)3)14-10-7-6-8-11-14/h4,6-8,10-11H,1,5,9,12H2,2-3H3. The van der Waals surface area contributed by atoms with Gasteiger partial charge in [0.25, 0.3) is 0 Å². The van der Waals surface area contributed by atoms with Gasteiger partial charge >= 0.3 is 0 Å². The van der Waals surface area contributed by atoms with E-state index in [1.54, 1.807) is 0 Å². The fourth-order valence-electron chi connectivity index (χ4n) is 2.06. The van der Waals surface area contributed by atoms with Crippen LogP contribution in [0.3, 0.4) is 0 Å². The first kappa shape index (κ1) is 13.5. The smallest absolute Gasteiger partial charge is 0.134 e. The van der Waals surface area contributed by atoms with Crippen LogP contribution in [0.4, 0.5) is 0 Å². The number of nitriles is 1. The second-order valence-corrected chi connectivity index (χ2v) is 4.41. The Morgan fingerprint density at radius 1 is 1.35 bits per heavy atom. The topological polar surface area (TPSA) is 27.0 Å². The van der Waals surface area contributed by atoms with Crippen molar-refractivity contribution >= 4 is 0 Å². The molecule has 1 rings (SSSR count). The van der Waals surface area contributed by atoms with Crippen molar-refractivity contribution in [2.75, 3.05) is 14.1 Å². The van der Waals surface area contributed by atoms with Gasteiger partial charge in [0.05, 0.1) is 6.07 Å². The lowest BCUT2D eigenvalue weighted by atomic mass is 9.85. The molecule has 1 aromatic rings. The molecular weight excluding hydrogens is 208 g/mol. The molecule has 1 atom stereocenters. The highest BCUT2D eigenvalue weighted by Crippen LogP contribution is 2.31. The van der Waals surface area contributed by atoms with Crippen LogP contribution in [0.25, 0.3) is 0 Å². The first-order chi connectivity index (χ1) is 8.17. The summed E-state index contributed by atoms with van der Waals surface area (Å²) in [6.45, 7) is 3.73. The summed E-state index contributed by atoms with van der Waals surface area (Å²) in [6, 6.07) is 12.5. The van der Waals surface area contributed by atoms with Crippen LogP contribution in [0.5, 0.6) is 0 Å². The van der Waals surface area contributed by atoms with Gasteiger partial charge in [-0.15, -0.1) is 6.58 Å². The van der Waals surface area contributed by atoms with Crippen molar-refractivity contribution in [3.8, 4) is 6.07 Å². The van der Waals surface area contributed by atoms with Gasteiger partial charge < -0.3 is 0 Å². The highest BCUT2D eigenvalue weighted by atomic mass is 15.1. The molecule has 90 valence electrons. The third kappa shape index (κ3) is 2.95. The van der Waals surface area contributed by atoms with E-state index in [-0.39, 0.29) is 0 Å².